The minimum absolute atomic E-state index is 0.138. The Hall–Kier alpha value is -1.10. The zero-order valence-electron chi connectivity index (χ0n) is 13.5. The predicted octanol–water partition coefficient (Wildman–Crippen LogP) is 2.01. The molecule has 0 aromatic heterocycles. The first-order chi connectivity index (χ1) is 10.5. The van der Waals surface area contributed by atoms with E-state index in [1.165, 1.54) is 6.42 Å². The van der Waals surface area contributed by atoms with Crippen molar-refractivity contribution in [3.63, 3.8) is 0 Å². The molecule has 0 bridgehead atoms. The van der Waals surface area contributed by atoms with Crippen LogP contribution < -0.4 is 11.1 Å². The molecule has 0 radical (unpaired) electrons. The summed E-state index contributed by atoms with van der Waals surface area (Å²) >= 11 is 0. The summed E-state index contributed by atoms with van der Waals surface area (Å²) in [5, 5.41) is 13.5. The zero-order valence-corrected chi connectivity index (χ0v) is 13.5. The molecule has 1 atom stereocenters. The second-order valence-electron chi connectivity index (χ2n) is 7.20. The fraction of sp³-hybridized carbons (Fsp3) is 0.882. The van der Waals surface area contributed by atoms with Crippen molar-refractivity contribution in [2.75, 3.05) is 0 Å². The van der Waals surface area contributed by atoms with Crippen molar-refractivity contribution in [3.8, 4) is 0 Å². The lowest BCUT2D eigenvalue weighted by molar-refractivity contribution is -0.129. The molecule has 0 aliphatic heterocycles. The van der Waals surface area contributed by atoms with E-state index in [1.54, 1.807) is 0 Å². The van der Waals surface area contributed by atoms with E-state index < -0.39 is 5.60 Å². The van der Waals surface area contributed by atoms with Crippen LogP contribution in [0.25, 0.3) is 0 Å². The highest BCUT2D eigenvalue weighted by Crippen LogP contribution is 2.31. The van der Waals surface area contributed by atoms with Crippen LogP contribution in [0.5, 0.6) is 0 Å². The van der Waals surface area contributed by atoms with Crippen molar-refractivity contribution >= 4 is 11.8 Å². The van der Waals surface area contributed by atoms with E-state index in [0.29, 0.717) is 18.8 Å². The number of nitrogens with two attached hydrogens (primary N) is 1. The third-order valence-corrected chi connectivity index (χ3v) is 5.26. The Bertz CT molecular complexity index is 385. The highest BCUT2D eigenvalue weighted by atomic mass is 16.3. The molecule has 2 rings (SSSR count). The van der Waals surface area contributed by atoms with Gasteiger partial charge in [-0.25, -0.2) is 0 Å². The monoisotopic (exact) mass is 310 g/mol. The van der Waals surface area contributed by atoms with E-state index in [9.17, 15) is 14.7 Å². The van der Waals surface area contributed by atoms with E-state index in [0.717, 1.165) is 44.9 Å². The van der Waals surface area contributed by atoms with Gasteiger partial charge in [0.05, 0.1) is 12.0 Å². The van der Waals surface area contributed by atoms with E-state index in [4.69, 9.17) is 5.73 Å². The molecular weight excluding hydrogens is 280 g/mol. The van der Waals surface area contributed by atoms with Crippen LogP contribution in [-0.2, 0) is 9.59 Å². The summed E-state index contributed by atoms with van der Waals surface area (Å²) in [6.45, 7) is 0. The molecule has 4 N–H and O–H groups in total. The number of aliphatic hydroxyl groups is 1. The van der Waals surface area contributed by atoms with Crippen LogP contribution in [0.1, 0.15) is 77.0 Å². The van der Waals surface area contributed by atoms with Gasteiger partial charge in [-0.2, -0.15) is 0 Å². The van der Waals surface area contributed by atoms with Crippen molar-refractivity contribution in [1.82, 2.24) is 5.32 Å². The molecule has 2 fully saturated rings. The Kier molecular flexibility index (Phi) is 6.24. The molecule has 1 unspecified atom stereocenters. The number of carbonyl (C=O) groups excluding carboxylic acids is 2. The third-order valence-electron chi connectivity index (χ3n) is 5.26. The van der Waals surface area contributed by atoms with Crippen molar-refractivity contribution < 1.29 is 14.7 Å². The summed E-state index contributed by atoms with van der Waals surface area (Å²) in [5.41, 5.74) is 4.49. The molecular formula is C17H30N2O3. The maximum Gasteiger partial charge on any atom is 0.223 e. The van der Waals surface area contributed by atoms with Crippen LogP contribution in [0, 0.1) is 5.92 Å². The molecule has 2 aliphatic carbocycles. The minimum Gasteiger partial charge on any atom is -0.389 e. The number of nitrogens with one attached hydrogen (secondary N) is 1. The Balaban J connectivity index is 1.90. The van der Waals surface area contributed by atoms with E-state index >= 15 is 0 Å². The number of primary amides is 1. The summed E-state index contributed by atoms with van der Waals surface area (Å²) in [6.07, 6.45) is 10.5. The van der Waals surface area contributed by atoms with Gasteiger partial charge in [-0.3, -0.25) is 9.59 Å². The second kappa shape index (κ2) is 7.95. The second-order valence-corrected chi connectivity index (χ2v) is 7.20. The molecule has 22 heavy (non-hydrogen) atoms. The number of rotatable bonds is 6. The normalized spacial score (nSPS) is 23.7. The molecule has 0 heterocycles. The van der Waals surface area contributed by atoms with Crippen LogP contribution in [0.15, 0.2) is 0 Å². The lowest BCUT2D eigenvalue weighted by Crippen LogP contribution is -2.46. The first kappa shape index (κ1) is 17.3. The van der Waals surface area contributed by atoms with Gasteiger partial charge in [0.25, 0.3) is 0 Å². The number of hydrogen-bond acceptors (Lipinski definition) is 3. The molecule has 5 heteroatoms. The van der Waals surface area contributed by atoms with Crippen molar-refractivity contribution in [1.29, 1.82) is 0 Å². The predicted molar refractivity (Wildman–Crippen MR) is 85.0 cm³/mol. The highest BCUT2D eigenvalue weighted by molar-refractivity contribution is 5.79. The summed E-state index contributed by atoms with van der Waals surface area (Å²) in [4.78, 5) is 23.6. The summed E-state index contributed by atoms with van der Waals surface area (Å²) in [6, 6.07) is -0.169. The fourth-order valence-electron chi connectivity index (χ4n) is 4.03. The average molecular weight is 310 g/mol. The maximum atomic E-state index is 12.3. The standard InChI is InChI=1S/C17H30N2O3/c18-15(20)11-14(13-7-3-1-4-8-13)19-16(21)12-17(22)9-5-2-6-10-17/h13-14,22H,1-12H2,(H2,18,20)(H,19,21). The van der Waals surface area contributed by atoms with Crippen molar-refractivity contribution in [3.05, 3.63) is 0 Å². The highest BCUT2D eigenvalue weighted by Gasteiger charge is 2.33. The van der Waals surface area contributed by atoms with Gasteiger partial charge in [0.1, 0.15) is 0 Å². The first-order valence-corrected chi connectivity index (χ1v) is 8.79. The van der Waals surface area contributed by atoms with Gasteiger partial charge in [-0.1, -0.05) is 38.5 Å². The van der Waals surface area contributed by atoms with Crippen LogP contribution >= 0.6 is 0 Å². The van der Waals surface area contributed by atoms with Crippen LogP contribution in [0.2, 0.25) is 0 Å². The SMILES string of the molecule is NC(=O)CC(NC(=O)CC1(O)CCCCC1)C1CCCCC1. The summed E-state index contributed by atoms with van der Waals surface area (Å²) in [5.74, 6) is -0.167. The van der Waals surface area contributed by atoms with Gasteiger partial charge in [0, 0.05) is 12.5 Å². The molecule has 2 aliphatic rings. The lowest BCUT2D eigenvalue weighted by atomic mass is 9.81. The van der Waals surface area contributed by atoms with E-state index in [1.807, 2.05) is 0 Å². The number of hydrogen-bond donors (Lipinski definition) is 3. The number of carbonyl (C=O) groups is 2. The maximum absolute atomic E-state index is 12.3. The molecule has 0 saturated heterocycles. The summed E-state index contributed by atoms with van der Waals surface area (Å²) < 4.78 is 0. The smallest absolute Gasteiger partial charge is 0.223 e. The van der Waals surface area contributed by atoms with Crippen LogP contribution in [0.4, 0.5) is 0 Å². The van der Waals surface area contributed by atoms with Crippen molar-refractivity contribution in [2.45, 2.75) is 88.7 Å². The van der Waals surface area contributed by atoms with Gasteiger partial charge in [0.15, 0.2) is 0 Å². The van der Waals surface area contributed by atoms with Crippen LogP contribution in [-0.4, -0.2) is 28.6 Å². The molecule has 126 valence electrons. The van der Waals surface area contributed by atoms with Gasteiger partial charge in [-0.15, -0.1) is 0 Å². The Morgan fingerprint density at radius 1 is 1.09 bits per heavy atom. The average Bonchev–Trinajstić information content (AvgIpc) is 2.47. The van der Waals surface area contributed by atoms with E-state index in [-0.39, 0.29) is 30.7 Å². The third kappa shape index (κ3) is 5.27. The molecule has 0 aromatic carbocycles. The first-order valence-electron chi connectivity index (χ1n) is 8.79. The molecule has 0 spiro atoms. The molecule has 2 amide bonds. The topological polar surface area (TPSA) is 92.4 Å². The van der Waals surface area contributed by atoms with Crippen LogP contribution in [0.3, 0.4) is 0 Å². The lowest BCUT2D eigenvalue weighted by Gasteiger charge is -2.34. The van der Waals surface area contributed by atoms with Gasteiger partial charge in [0.2, 0.25) is 11.8 Å². The quantitative estimate of drug-likeness (QED) is 0.700. The Labute approximate surface area is 133 Å². The molecule has 5 nitrogen and oxygen atoms in total. The van der Waals surface area contributed by atoms with Gasteiger partial charge >= 0.3 is 0 Å². The van der Waals surface area contributed by atoms with E-state index in [2.05, 4.69) is 5.32 Å². The largest absolute Gasteiger partial charge is 0.389 e. The van der Waals surface area contributed by atoms with Crippen molar-refractivity contribution in [2.24, 2.45) is 11.7 Å². The zero-order chi connectivity index (χ0) is 16.0. The van der Waals surface area contributed by atoms with Gasteiger partial charge in [-0.05, 0) is 31.6 Å². The fourth-order valence-corrected chi connectivity index (χ4v) is 4.03. The minimum atomic E-state index is -0.855. The number of amides is 2. The Morgan fingerprint density at radius 3 is 2.27 bits per heavy atom. The Morgan fingerprint density at radius 2 is 1.68 bits per heavy atom. The summed E-state index contributed by atoms with van der Waals surface area (Å²) in [7, 11) is 0. The van der Waals surface area contributed by atoms with Gasteiger partial charge < -0.3 is 16.2 Å². The molecule has 2 saturated carbocycles. The molecule has 0 aromatic rings.